The number of carbonyl (C=O) groups excluding carboxylic acids is 2. The number of nitrogens with two attached hydrogens (primary N) is 1. The lowest BCUT2D eigenvalue weighted by Crippen LogP contribution is -2.40. The number of carbonyl (C=O) groups is 2. The minimum absolute atomic E-state index is 0.0454. The molecule has 1 fully saturated rings. The highest BCUT2D eigenvalue weighted by molar-refractivity contribution is 5.83. The molecule has 1 heterocycles. The number of nitrogens with zero attached hydrogens (tertiary/aromatic N) is 1. The van der Waals surface area contributed by atoms with E-state index in [0.29, 0.717) is 26.1 Å². The Labute approximate surface area is 101 Å². The third kappa shape index (κ3) is 4.60. The predicted octanol–water partition coefficient (Wildman–Crippen LogP) is 0.0707. The summed E-state index contributed by atoms with van der Waals surface area (Å²) in [6.07, 6.45) is 0.221. The maximum Gasteiger partial charge on any atom is 0.407 e. The molecule has 0 spiro atoms. The van der Waals surface area contributed by atoms with Crippen molar-refractivity contribution in [2.75, 3.05) is 19.6 Å². The van der Waals surface area contributed by atoms with Crippen molar-refractivity contribution in [2.24, 2.45) is 5.73 Å². The smallest absolute Gasteiger partial charge is 0.407 e. The molecule has 2 amide bonds. The van der Waals surface area contributed by atoms with Crippen LogP contribution < -0.4 is 11.1 Å². The second-order valence-corrected chi connectivity index (χ2v) is 5.15. The molecule has 3 N–H and O–H groups in total. The van der Waals surface area contributed by atoms with Gasteiger partial charge in [-0.05, 0) is 27.2 Å². The Hall–Kier alpha value is -1.30. The van der Waals surface area contributed by atoms with E-state index in [1.54, 1.807) is 25.7 Å². The molecule has 1 unspecified atom stereocenters. The fourth-order valence-electron chi connectivity index (χ4n) is 1.59. The van der Waals surface area contributed by atoms with Crippen molar-refractivity contribution in [1.29, 1.82) is 0 Å². The van der Waals surface area contributed by atoms with Gasteiger partial charge in [0.25, 0.3) is 0 Å². The molecule has 6 nitrogen and oxygen atoms in total. The molecule has 0 bridgehead atoms. The van der Waals surface area contributed by atoms with Crippen molar-refractivity contribution in [3.05, 3.63) is 0 Å². The van der Waals surface area contributed by atoms with Crippen LogP contribution in [0.4, 0.5) is 4.79 Å². The van der Waals surface area contributed by atoms with E-state index in [0.717, 1.165) is 0 Å². The number of hydrogen-bond acceptors (Lipinski definition) is 4. The molecular formula is C11H21N3O3. The normalized spacial score (nSPS) is 20.6. The number of rotatable bonds is 3. The zero-order valence-electron chi connectivity index (χ0n) is 10.7. The van der Waals surface area contributed by atoms with Crippen molar-refractivity contribution in [3.63, 3.8) is 0 Å². The van der Waals surface area contributed by atoms with Gasteiger partial charge < -0.3 is 20.7 Å². The third-order valence-electron chi connectivity index (χ3n) is 2.39. The van der Waals surface area contributed by atoms with Gasteiger partial charge in [0.1, 0.15) is 5.60 Å². The molecule has 0 aliphatic carbocycles. The Kier molecular flexibility index (Phi) is 4.34. The van der Waals surface area contributed by atoms with Gasteiger partial charge in [0, 0.05) is 19.6 Å². The van der Waals surface area contributed by atoms with Crippen LogP contribution in [0.2, 0.25) is 0 Å². The van der Waals surface area contributed by atoms with Gasteiger partial charge in [-0.3, -0.25) is 4.79 Å². The number of hydrogen-bond donors (Lipinski definition) is 2. The SMILES string of the molecule is CC(C)(C)OC(=O)NCCN1CCC(N)C1=O. The maximum absolute atomic E-state index is 11.5. The maximum atomic E-state index is 11.5. The Morgan fingerprint density at radius 1 is 1.59 bits per heavy atom. The first-order valence-electron chi connectivity index (χ1n) is 5.81. The minimum Gasteiger partial charge on any atom is -0.444 e. The zero-order chi connectivity index (χ0) is 13.1. The average Bonchev–Trinajstić information content (AvgIpc) is 2.46. The number of ether oxygens (including phenoxy) is 1. The molecule has 1 aliphatic heterocycles. The van der Waals surface area contributed by atoms with Crippen LogP contribution in [-0.2, 0) is 9.53 Å². The second kappa shape index (κ2) is 5.35. The highest BCUT2D eigenvalue weighted by Gasteiger charge is 2.27. The number of nitrogens with one attached hydrogen (secondary N) is 1. The molecule has 1 atom stereocenters. The fraction of sp³-hybridized carbons (Fsp3) is 0.818. The summed E-state index contributed by atoms with van der Waals surface area (Å²) in [5.41, 5.74) is 5.08. The summed E-state index contributed by atoms with van der Waals surface area (Å²) in [6.45, 7) is 6.93. The van der Waals surface area contributed by atoms with E-state index in [1.165, 1.54) is 0 Å². The Balaban J connectivity index is 2.20. The van der Waals surface area contributed by atoms with Crippen molar-refractivity contribution >= 4 is 12.0 Å². The van der Waals surface area contributed by atoms with Gasteiger partial charge in [0.05, 0.1) is 6.04 Å². The summed E-state index contributed by atoms with van der Waals surface area (Å²) in [4.78, 5) is 24.4. The van der Waals surface area contributed by atoms with E-state index in [9.17, 15) is 9.59 Å². The molecular weight excluding hydrogens is 222 g/mol. The van der Waals surface area contributed by atoms with Crippen molar-refractivity contribution in [1.82, 2.24) is 10.2 Å². The number of likely N-dealkylation sites (tertiary alicyclic amines) is 1. The van der Waals surface area contributed by atoms with Crippen LogP contribution in [-0.4, -0.2) is 48.2 Å². The molecule has 0 radical (unpaired) electrons. The van der Waals surface area contributed by atoms with Crippen LogP contribution in [0, 0.1) is 0 Å². The molecule has 0 saturated carbocycles. The largest absolute Gasteiger partial charge is 0.444 e. The zero-order valence-corrected chi connectivity index (χ0v) is 10.7. The Morgan fingerprint density at radius 3 is 2.71 bits per heavy atom. The first kappa shape index (κ1) is 13.8. The summed E-state index contributed by atoms with van der Waals surface area (Å²) in [5.74, 6) is -0.0454. The van der Waals surface area contributed by atoms with Crippen LogP contribution in [0.15, 0.2) is 0 Å². The lowest BCUT2D eigenvalue weighted by atomic mass is 10.2. The highest BCUT2D eigenvalue weighted by atomic mass is 16.6. The standard InChI is InChI=1S/C11H21N3O3/c1-11(2,3)17-10(16)13-5-7-14-6-4-8(12)9(14)15/h8H,4-7,12H2,1-3H3,(H,13,16). The molecule has 17 heavy (non-hydrogen) atoms. The minimum atomic E-state index is -0.504. The summed E-state index contributed by atoms with van der Waals surface area (Å²) in [7, 11) is 0. The molecule has 0 aromatic carbocycles. The molecule has 98 valence electrons. The summed E-state index contributed by atoms with van der Waals surface area (Å²) < 4.78 is 5.07. The molecule has 6 heteroatoms. The molecule has 1 aliphatic rings. The fourth-order valence-corrected chi connectivity index (χ4v) is 1.59. The van der Waals surface area contributed by atoms with Crippen LogP contribution >= 0.6 is 0 Å². The van der Waals surface area contributed by atoms with Crippen molar-refractivity contribution in [2.45, 2.75) is 38.8 Å². The molecule has 1 rings (SSSR count). The van der Waals surface area contributed by atoms with Gasteiger partial charge in [0.15, 0.2) is 0 Å². The van der Waals surface area contributed by atoms with Crippen LogP contribution in [0.5, 0.6) is 0 Å². The van der Waals surface area contributed by atoms with E-state index >= 15 is 0 Å². The van der Waals surface area contributed by atoms with Gasteiger partial charge in [-0.1, -0.05) is 0 Å². The van der Waals surface area contributed by atoms with Crippen LogP contribution in [0.25, 0.3) is 0 Å². The van der Waals surface area contributed by atoms with E-state index < -0.39 is 11.7 Å². The predicted molar refractivity (Wildman–Crippen MR) is 63.4 cm³/mol. The van der Waals surface area contributed by atoms with Gasteiger partial charge in [-0.2, -0.15) is 0 Å². The van der Waals surface area contributed by atoms with Gasteiger partial charge >= 0.3 is 6.09 Å². The molecule has 1 saturated heterocycles. The number of amides is 2. The van der Waals surface area contributed by atoms with Gasteiger partial charge in [-0.15, -0.1) is 0 Å². The number of alkyl carbamates (subject to hydrolysis) is 1. The monoisotopic (exact) mass is 243 g/mol. The Bertz CT molecular complexity index is 299. The molecule has 0 aromatic heterocycles. The first-order valence-corrected chi connectivity index (χ1v) is 5.81. The van der Waals surface area contributed by atoms with E-state index in [4.69, 9.17) is 10.5 Å². The summed E-state index contributed by atoms with van der Waals surface area (Å²) >= 11 is 0. The van der Waals surface area contributed by atoms with Crippen LogP contribution in [0.1, 0.15) is 27.2 Å². The van der Waals surface area contributed by atoms with E-state index in [2.05, 4.69) is 5.32 Å². The van der Waals surface area contributed by atoms with Gasteiger partial charge in [0.2, 0.25) is 5.91 Å². The molecule has 0 aromatic rings. The quantitative estimate of drug-likeness (QED) is 0.734. The highest BCUT2D eigenvalue weighted by Crippen LogP contribution is 2.08. The topological polar surface area (TPSA) is 84.7 Å². The Morgan fingerprint density at radius 2 is 2.24 bits per heavy atom. The first-order chi connectivity index (χ1) is 7.79. The average molecular weight is 243 g/mol. The van der Waals surface area contributed by atoms with Crippen LogP contribution in [0.3, 0.4) is 0 Å². The van der Waals surface area contributed by atoms with Gasteiger partial charge in [-0.25, -0.2) is 4.79 Å². The summed E-state index contributed by atoms with van der Waals surface area (Å²) in [6, 6.07) is -0.378. The third-order valence-corrected chi connectivity index (χ3v) is 2.39. The summed E-state index contributed by atoms with van der Waals surface area (Å²) in [5, 5.41) is 2.61. The van der Waals surface area contributed by atoms with E-state index in [-0.39, 0.29) is 11.9 Å². The van der Waals surface area contributed by atoms with E-state index in [1.807, 2.05) is 0 Å². The van der Waals surface area contributed by atoms with Crippen molar-refractivity contribution in [3.8, 4) is 0 Å². The lowest BCUT2D eigenvalue weighted by Gasteiger charge is -2.21. The second-order valence-electron chi connectivity index (χ2n) is 5.15. The lowest BCUT2D eigenvalue weighted by molar-refractivity contribution is -0.128. The van der Waals surface area contributed by atoms with Crippen molar-refractivity contribution < 1.29 is 14.3 Å².